The van der Waals surface area contributed by atoms with Crippen LogP contribution in [-0.2, 0) is 4.79 Å². The van der Waals surface area contributed by atoms with Gasteiger partial charge in [-0.3, -0.25) is 9.69 Å². The van der Waals surface area contributed by atoms with Crippen molar-refractivity contribution in [3.8, 4) is 5.75 Å². The first-order valence-corrected chi connectivity index (χ1v) is 9.17. The van der Waals surface area contributed by atoms with E-state index in [1.54, 1.807) is 0 Å². The molecule has 140 valence electrons. The van der Waals surface area contributed by atoms with Crippen molar-refractivity contribution in [1.29, 1.82) is 0 Å². The van der Waals surface area contributed by atoms with Crippen LogP contribution in [0.5, 0.6) is 5.75 Å². The van der Waals surface area contributed by atoms with Crippen LogP contribution in [0.25, 0.3) is 0 Å². The van der Waals surface area contributed by atoms with Crippen molar-refractivity contribution in [1.82, 2.24) is 15.0 Å². The van der Waals surface area contributed by atoms with Crippen molar-refractivity contribution in [2.24, 2.45) is 0 Å². The topological polar surface area (TPSA) is 80.5 Å². The van der Waals surface area contributed by atoms with E-state index in [0.29, 0.717) is 24.9 Å². The van der Waals surface area contributed by atoms with E-state index in [2.05, 4.69) is 20.4 Å². The molecule has 1 aliphatic rings. The van der Waals surface area contributed by atoms with Crippen molar-refractivity contribution in [2.75, 3.05) is 25.0 Å². The molecule has 1 aromatic carbocycles. The van der Waals surface area contributed by atoms with Gasteiger partial charge in [0.2, 0.25) is 11.8 Å². The zero-order valence-corrected chi connectivity index (χ0v) is 15.6. The normalized spacial score (nSPS) is 17.6. The summed E-state index contributed by atoms with van der Waals surface area (Å²) in [6, 6.07) is 7.43. The van der Waals surface area contributed by atoms with Gasteiger partial charge in [-0.1, -0.05) is 19.0 Å². The van der Waals surface area contributed by atoms with Crippen LogP contribution in [0.4, 0.5) is 5.69 Å². The molecule has 7 nitrogen and oxygen atoms in total. The fraction of sp³-hybridized carbons (Fsp3) is 0.526. The summed E-state index contributed by atoms with van der Waals surface area (Å²) in [4.78, 5) is 19.0. The van der Waals surface area contributed by atoms with Crippen LogP contribution < -0.4 is 10.1 Å². The fourth-order valence-corrected chi connectivity index (χ4v) is 3.11. The molecule has 0 spiro atoms. The molecule has 0 bridgehead atoms. The van der Waals surface area contributed by atoms with Gasteiger partial charge in [0.15, 0.2) is 5.82 Å². The average Bonchev–Trinajstić information content (AvgIpc) is 3.25. The second kappa shape index (κ2) is 8.31. The van der Waals surface area contributed by atoms with Gasteiger partial charge in [-0.25, -0.2) is 0 Å². The number of amides is 1. The lowest BCUT2D eigenvalue weighted by Gasteiger charge is -2.21. The minimum atomic E-state index is -0.0476. The van der Waals surface area contributed by atoms with Crippen LogP contribution in [0.3, 0.4) is 0 Å². The monoisotopic (exact) mass is 358 g/mol. The molecule has 1 N–H and O–H groups in total. The SMILES string of the molecule is CCOc1ccc(NC(=O)CN2CCCC2c2noc(C(C)C)n2)cc1. The van der Waals surface area contributed by atoms with Crippen LogP contribution in [-0.4, -0.2) is 40.6 Å². The van der Waals surface area contributed by atoms with E-state index in [-0.39, 0.29) is 17.9 Å². The van der Waals surface area contributed by atoms with Gasteiger partial charge in [0, 0.05) is 11.6 Å². The van der Waals surface area contributed by atoms with Gasteiger partial charge in [0.05, 0.1) is 19.2 Å². The Labute approximate surface area is 153 Å². The number of rotatable bonds is 7. The smallest absolute Gasteiger partial charge is 0.238 e. The lowest BCUT2D eigenvalue weighted by molar-refractivity contribution is -0.117. The van der Waals surface area contributed by atoms with Gasteiger partial charge in [0.1, 0.15) is 5.75 Å². The zero-order valence-electron chi connectivity index (χ0n) is 15.6. The molecule has 1 aromatic heterocycles. The van der Waals surface area contributed by atoms with E-state index in [9.17, 15) is 4.79 Å². The van der Waals surface area contributed by atoms with Crippen LogP contribution in [0.1, 0.15) is 57.3 Å². The Hall–Kier alpha value is -2.41. The summed E-state index contributed by atoms with van der Waals surface area (Å²) in [5.41, 5.74) is 0.760. The summed E-state index contributed by atoms with van der Waals surface area (Å²) in [5.74, 6) is 2.27. The molecule has 2 aromatic rings. The highest BCUT2D eigenvalue weighted by molar-refractivity contribution is 5.92. The predicted molar refractivity (Wildman–Crippen MR) is 98.2 cm³/mol. The number of hydrogen-bond acceptors (Lipinski definition) is 6. The van der Waals surface area contributed by atoms with Crippen LogP contribution >= 0.6 is 0 Å². The molecule has 1 atom stereocenters. The molecule has 1 amide bonds. The minimum absolute atomic E-state index is 0.0392. The number of aromatic nitrogens is 2. The Morgan fingerprint density at radius 2 is 2.15 bits per heavy atom. The van der Waals surface area contributed by atoms with E-state index < -0.39 is 0 Å². The fourth-order valence-electron chi connectivity index (χ4n) is 3.11. The van der Waals surface area contributed by atoms with Gasteiger partial charge in [-0.05, 0) is 50.6 Å². The number of nitrogens with zero attached hydrogens (tertiary/aromatic N) is 3. The number of likely N-dealkylation sites (tertiary alicyclic amines) is 1. The van der Waals surface area contributed by atoms with E-state index >= 15 is 0 Å². The summed E-state index contributed by atoms with van der Waals surface area (Å²) in [5, 5.41) is 7.05. The molecule has 7 heteroatoms. The molecular weight excluding hydrogens is 332 g/mol. The van der Waals surface area contributed by atoms with E-state index in [1.165, 1.54) is 0 Å². The van der Waals surface area contributed by atoms with Crippen LogP contribution in [0.15, 0.2) is 28.8 Å². The standard InChI is InChI=1S/C19H26N4O3/c1-4-25-15-9-7-14(8-10-15)20-17(24)12-23-11-5-6-16(23)18-21-19(13(2)3)26-22-18/h7-10,13,16H,4-6,11-12H2,1-3H3,(H,20,24). The van der Waals surface area contributed by atoms with Gasteiger partial charge >= 0.3 is 0 Å². The van der Waals surface area contributed by atoms with Gasteiger partial charge in [-0.2, -0.15) is 4.98 Å². The maximum Gasteiger partial charge on any atom is 0.238 e. The highest BCUT2D eigenvalue weighted by Crippen LogP contribution is 2.30. The van der Waals surface area contributed by atoms with E-state index in [1.807, 2.05) is 45.0 Å². The summed E-state index contributed by atoms with van der Waals surface area (Å²) in [6.45, 7) is 7.77. The van der Waals surface area contributed by atoms with Crippen molar-refractivity contribution in [3.63, 3.8) is 0 Å². The molecule has 26 heavy (non-hydrogen) atoms. The molecular formula is C19H26N4O3. The summed E-state index contributed by atoms with van der Waals surface area (Å²) in [6.07, 6.45) is 1.96. The van der Waals surface area contributed by atoms with E-state index in [0.717, 1.165) is 30.8 Å². The Bertz CT molecular complexity index is 727. The van der Waals surface area contributed by atoms with Crippen molar-refractivity contribution >= 4 is 11.6 Å². The molecule has 3 rings (SSSR count). The Morgan fingerprint density at radius 1 is 1.38 bits per heavy atom. The highest BCUT2D eigenvalue weighted by atomic mass is 16.5. The first-order valence-electron chi connectivity index (χ1n) is 9.17. The number of carbonyl (C=O) groups excluding carboxylic acids is 1. The molecule has 2 heterocycles. The highest BCUT2D eigenvalue weighted by Gasteiger charge is 2.31. The number of nitrogens with one attached hydrogen (secondary N) is 1. The third-order valence-electron chi connectivity index (χ3n) is 4.41. The third-order valence-corrected chi connectivity index (χ3v) is 4.41. The molecule has 1 unspecified atom stereocenters. The molecule has 1 aliphatic heterocycles. The summed E-state index contributed by atoms with van der Waals surface area (Å²) >= 11 is 0. The minimum Gasteiger partial charge on any atom is -0.494 e. The molecule has 1 saturated heterocycles. The molecule has 1 fully saturated rings. The number of anilines is 1. The molecule has 0 aliphatic carbocycles. The first kappa shape index (κ1) is 18.4. The Balaban J connectivity index is 1.58. The van der Waals surface area contributed by atoms with Crippen molar-refractivity contribution in [3.05, 3.63) is 36.0 Å². The van der Waals surface area contributed by atoms with Gasteiger partial charge in [-0.15, -0.1) is 0 Å². The number of hydrogen-bond donors (Lipinski definition) is 1. The zero-order chi connectivity index (χ0) is 18.5. The quantitative estimate of drug-likeness (QED) is 0.817. The average molecular weight is 358 g/mol. The lowest BCUT2D eigenvalue weighted by atomic mass is 10.2. The lowest BCUT2D eigenvalue weighted by Crippen LogP contribution is -2.33. The second-order valence-electron chi connectivity index (χ2n) is 6.78. The molecule has 0 saturated carbocycles. The number of carbonyl (C=O) groups is 1. The molecule has 0 radical (unpaired) electrons. The third kappa shape index (κ3) is 4.40. The Kier molecular flexibility index (Phi) is 5.88. The largest absolute Gasteiger partial charge is 0.494 e. The van der Waals surface area contributed by atoms with Crippen molar-refractivity contribution in [2.45, 2.75) is 45.6 Å². The maximum atomic E-state index is 12.4. The van der Waals surface area contributed by atoms with Crippen molar-refractivity contribution < 1.29 is 14.1 Å². The summed E-state index contributed by atoms with van der Waals surface area (Å²) < 4.78 is 10.7. The summed E-state index contributed by atoms with van der Waals surface area (Å²) in [7, 11) is 0. The first-order chi connectivity index (χ1) is 12.6. The predicted octanol–water partition coefficient (Wildman–Crippen LogP) is 3.37. The Morgan fingerprint density at radius 3 is 2.81 bits per heavy atom. The maximum absolute atomic E-state index is 12.4. The van der Waals surface area contributed by atoms with Crippen LogP contribution in [0, 0.1) is 0 Å². The second-order valence-corrected chi connectivity index (χ2v) is 6.78. The van der Waals surface area contributed by atoms with E-state index in [4.69, 9.17) is 9.26 Å². The van der Waals surface area contributed by atoms with Gasteiger partial charge < -0.3 is 14.6 Å². The number of benzene rings is 1. The number of ether oxygens (including phenoxy) is 1. The van der Waals surface area contributed by atoms with Crippen LogP contribution in [0.2, 0.25) is 0 Å². The van der Waals surface area contributed by atoms with Gasteiger partial charge in [0.25, 0.3) is 0 Å².